The Bertz CT molecular complexity index is 1060. The van der Waals surface area contributed by atoms with Crippen LogP contribution in [0.15, 0.2) is 12.3 Å². The lowest BCUT2D eigenvalue weighted by Crippen LogP contribution is -2.48. The van der Waals surface area contributed by atoms with Gasteiger partial charge in [0.15, 0.2) is 5.65 Å². The monoisotopic (exact) mass is 502 g/mol. The van der Waals surface area contributed by atoms with E-state index in [1.54, 1.807) is 0 Å². The third-order valence-corrected chi connectivity index (χ3v) is 8.16. The number of fused-ring (bicyclic) bond motifs is 1. The zero-order chi connectivity index (χ0) is 24.7. The Kier molecular flexibility index (Phi) is 7.24. The number of likely N-dealkylation sites (tertiary alicyclic amines) is 1. The van der Waals surface area contributed by atoms with E-state index in [0.29, 0.717) is 6.42 Å². The third-order valence-electron chi connectivity index (χ3n) is 7.76. The molecule has 2 aromatic heterocycles. The Balaban J connectivity index is 1.41. The number of piperidine rings is 1. The van der Waals surface area contributed by atoms with Gasteiger partial charge < -0.3 is 20.3 Å². The van der Waals surface area contributed by atoms with Crippen molar-refractivity contribution in [1.29, 1.82) is 0 Å². The van der Waals surface area contributed by atoms with Crippen molar-refractivity contribution in [3.8, 4) is 0 Å². The van der Waals surface area contributed by atoms with Crippen molar-refractivity contribution in [2.45, 2.75) is 95.4 Å². The molecule has 4 heterocycles. The number of aromatic nitrogens is 3. The number of nitrogens with two attached hydrogens (primary N) is 1. The Hall–Kier alpha value is -1.90. The molecule has 2 saturated heterocycles. The summed E-state index contributed by atoms with van der Waals surface area (Å²) in [6.45, 7) is 8.65. The molecule has 0 radical (unpaired) electrons. The number of aryl methyl sites for hydroxylation is 1. The normalized spacial score (nSPS) is 29.9. The quantitative estimate of drug-likeness (QED) is 0.625. The summed E-state index contributed by atoms with van der Waals surface area (Å²) in [6.07, 6.45) is 8.47. The lowest BCUT2D eigenvalue weighted by Gasteiger charge is -2.41. The Morgan fingerprint density at radius 1 is 1.20 bits per heavy atom. The fraction of sp³-hybridized carbons (Fsp3) is 0.731. The number of amides is 1. The summed E-state index contributed by atoms with van der Waals surface area (Å²) in [5.41, 5.74) is 8.95. The fourth-order valence-corrected chi connectivity index (χ4v) is 6.38. The van der Waals surface area contributed by atoms with Crippen LogP contribution in [0.5, 0.6) is 0 Å². The van der Waals surface area contributed by atoms with Crippen LogP contribution in [-0.4, -0.2) is 68.7 Å². The third kappa shape index (κ3) is 5.16. The second-order valence-corrected chi connectivity index (χ2v) is 11.5. The molecule has 9 heteroatoms. The van der Waals surface area contributed by atoms with E-state index in [-0.39, 0.29) is 41.5 Å². The van der Waals surface area contributed by atoms with Crippen molar-refractivity contribution in [2.75, 3.05) is 24.5 Å². The zero-order valence-corrected chi connectivity index (χ0v) is 22.0. The van der Waals surface area contributed by atoms with Crippen LogP contribution in [0.1, 0.15) is 76.1 Å². The predicted octanol–water partition coefficient (Wildman–Crippen LogP) is 3.83. The van der Waals surface area contributed by atoms with Gasteiger partial charge in [0, 0.05) is 48.9 Å². The first-order chi connectivity index (χ1) is 16.8. The van der Waals surface area contributed by atoms with Gasteiger partial charge in [-0.2, -0.15) is 5.10 Å². The molecule has 5 atom stereocenters. The average Bonchev–Trinajstić information content (AvgIpc) is 3.44. The number of ether oxygens (including phenoxy) is 1. The summed E-state index contributed by atoms with van der Waals surface area (Å²) in [4.78, 5) is 23.2. The maximum absolute atomic E-state index is 13.9. The summed E-state index contributed by atoms with van der Waals surface area (Å²) < 4.78 is 8.05. The summed E-state index contributed by atoms with van der Waals surface area (Å²) in [5.74, 6) is 0.953. The molecule has 5 rings (SSSR count). The molecule has 3 unspecified atom stereocenters. The Labute approximate surface area is 213 Å². The Morgan fingerprint density at radius 3 is 2.77 bits per heavy atom. The smallest absolute Gasteiger partial charge is 0.228 e. The summed E-state index contributed by atoms with van der Waals surface area (Å²) in [6, 6.07) is 2.21. The van der Waals surface area contributed by atoms with Crippen LogP contribution in [0.25, 0.3) is 5.65 Å². The maximum Gasteiger partial charge on any atom is 0.228 e. The molecule has 3 fully saturated rings. The summed E-state index contributed by atoms with van der Waals surface area (Å²) in [7, 11) is 0. The molecule has 0 bridgehead atoms. The molecule has 1 amide bonds. The fourth-order valence-electron chi connectivity index (χ4n) is 6.06. The van der Waals surface area contributed by atoms with Gasteiger partial charge in [-0.05, 0) is 65.7 Å². The van der Waals surface area contributed by atoms with Crippen molar-refractivity contribution in [3.05, 3.63) is 23.5 Å². The van der Waals surface area contributed by atoms with Crippen LogP contribution in [0.3, 0.4) is 0 Å². The van der Waals surface area contributed by atoms with Crippen molar-refractivity contribution in [3.63, 3.8) is 0 Å². The average molecular weight is 503 g/mol. The van der Waals surface area contributed by atoms with E-state index in [9.17, 15) is 4.79 Å². The minimum atomic E-state index is -0.197. The molecule has 0 spiro atoms. The molecule has 1 aliphatic carbocycles. The molecule has 192 valence electrons. The van der Waals surface area contributed by atoms with E-state index in [1.807, 2.05) is 24.6 Å². The SMILES string of the molecule is Cc1cn2nc([C@@H]3CCCCN3C(=O)C3CC(Cl)CCC3OC(C)C)cc2nc1N1CC[C@H](N)C1. The number of hydrogen-bond acceptors (Lipinski definition) is 6. The first kappa shape index (κ1) is 24.8. The van der Waals surface area contributed by atoms with Crippen LogP contribution in [-0.2, 0) is 9.53 Å². The second kappa shape index (κ2) is 10.2. The number of nitrogens with zero attached hydrogens (tertiary/aromatic N) is 5. The van der Waals surface area contributed by atoms with Gasteiger partial charge >= 0.3 is 0 Å². The van der Waals surface area contributed by atoms with E-state index >= 15 is 0 Å². The lowest BCUT2D eigenvalue weighted by atomic mass is 9.83. The first-order valence-electron chi connectivity index (χ1n) is 13.3. The number of alkyl halides is 1. The van der Waals surface area contributed by atoms with Gasteiger partial charge in [-0.25, -0.2) is 9.50 Å². The molecule has 1 saturated carbocycles. The van der Waals surface area contributed by atoms with Crippen LogP contribution in [0, 0.1) is 12.8 Å². The number of carbonyl (C=O) groups is 1. The molecule has 2 aromatic rings. The van der Waals surface area contributed by atoms with Crippen molar-refractivity contribution in [2.24, 2.45) is 11.7 Å². The van der Waals surface area contributed by atoms with Gasteiger partial charge in [0.05, 0.1) is 29.9 Å². The van der Waals surface area contributed by atoms with Gasteiger partial charge in [-0.15, -0.1) is 11.6 Å². The van der Waals surface area contributed by atoms with E-state index in [1.165, 1.54) is 0 Å². The van der Waals surface area contributed by atoms with Crippen LogP contribution in [0.4, 0.5) is 5.82 Å². The number of rotatable bonds is 5. The highest BCUT2D eigenvalue weighted by atomic mass is 35.5. The number of halogens is 1. The van der Waals surface area contributed by atoms with Crippen molar-refractivity contribution in [1.82, 2.24) is 19.5 Å². The maximum atomic E-state index is 13.9. The highest BCUT2D eigenvalue weighted by Crippen LogP contribution is 2.37. The minimum absolute atomic E-state index is 0.0266. The Morgan fingerprint density at radius 2 is 2.03 bits per heavy atom. The topological polar surface area (TPSA) is 89.0 Å². The number of anilines is 1. The molecule has 2 N–H and O–H groups in total. The van der Waals surface area contributed by atoms with Crippen LogP contribution in [0.2, 0.25) is 0 Å². The van der Waals surface area contributed by atoms with Crippen molar-refractivity contribution >= 4 is 29.0 Å². The number of carbonyl (C=O) groups excluding carboxylic acids is 1. The van der Waals surface area contributed by atoms with Crippen molar-refractivity contribution < 1.29 is 9.53 Å². The van der Waals surface area contributed by atoms with E-state index in [2.05, 4.69) is 22.8 Å². The summed E-state index contributed by atoms with van der Waals surface area (Å²) in [5, 5.41) is 4.93. The van der Waals surface area contributed by atoms with Gasteiger partial charge in [0.2, 0.25) is 5.91 Å². The van der Waals surface area contributed by atoms with Crippen LogP contribution >= 0.6 is 11.6 Å². The van der Waals surface area contributed by atoms with Gasteiger partial charge in [-0.3, -0.25) is 4.79 Å². The molecule has 2 aliphatic heterocycles. The van der Waals surface area contributed by atoms with E-state index in [0.717, 1.165) is 80.9 Å². The molecular formula is C26H39ClN6O2. The van der Waals surface area contributed by atoms with Crippen LogP contribution < -0.4 is 10.6 Å². The second-order valence-electron chi connectivity index (χ2n) is 10.9. The highest BCUT2D eigenvalue weighted by Gasteiger charge is 2.41. The minimum Gasteiger partial charge on any atom is -0.375 e. The summed E-state index contributed by atoms with van der Waals surface area (Å²) >= 11 is 6.53. The predicted molar refractivity (Wildman–Crippen MR) is 138 cm³/mol. The largest absolute Gasteiger partial charge is 0.375 e. The van der Waals surface area contributed by atoms with Gasteiger partial charge in [0.25, 0.3) is 0 Å². The molecule has 8 nitrogen and oxygen atoms in total. The van der Waals surface area contributed by atoms with E-state index < -0.39 is 0 Å². The molecule has 35 heavy (non-hydrogen) atoms. The van der Waals surface area contributed by atoms with E-state index in [4.69, 9.17) is 32.2 Å². The number of hydrogen-bond donors (Lipinski definition) is 1. The van der Waals surface area contributed by atoms with Gasteiger partial charge in [0.1, 0.15) is 5.82 Å². The van der Waals surface area contributed by atoms with Gasteiger partial charge in [-0.1, -0.05) is 0 Å². The first-order valence-corrected chi connectivity index (χ1v) is 13.7. The standard InChI is InChI=1S/C26H39ClN6O2/c1-16(2)35-23-8-7-18(27)12-20(23)26(34)32-10-5-4-6-22(32)21-13-24-29-25(17(3)14-33(24)30-21)31-11-9-19(28)15-31/h13-14,16,18-20,22-23H,4-12,15,28H2,1-3H3/t18?,19-,20?,22-,23?/m0/s1. The lowest BCUT2D eigenvalue weighted by molar-refractivity contribution is -0.149. The molecule has 0 aromatic carbocycles. The molecular weight excluding hydrogens is 464 g/mol. The molecule has 3 aliphatic rings. The zero-order valence-electron chi connectivity index (χ0n) is 21.2. The highest BCUT2D eigenvalue weighted by molar-refractivity contribution is 6.20.